The maximum absolute atomic E-state index is 10.9. The van der Waals surface area contributed by atoms with E-state index >= 15 is 0 Å². The number of hydrogen-bond acceptors (Lipinski definition) is 3. The Morgan fingerprint density at radius 3 is 2.48 bits per heavy atom. The molecule has 1 fully saturated rings. The molecular formula is C17H32N2O4. The number of amides is 2. The molecule has 0 heterocycles. The second-order valence-electron chi connectivity index (χ2n) is 6.59. The summed E-state index contributed by atoms with van der Waals surface area (Å²) in [7, 11) is 1.38. The molecular weight excluding hydrogens is 296 g/mol. The van der Waals surface area contributed by atoms with E-state index in [1.54, 1.807) is 0 Å². The zero-order valence-electron chi connectivity index (χ0n) is 14.5. The number of alkyl carbamates (subject to hydrolysis) is 1. The van der Waals surface area contributed by atoms with Crippen molar-refractivity contribution in [3.63, 3.8) is 0 Å². The number of hydrogen-bond donors (Lipinski definition) is 3. The molecule has 0 aliphatic heterocycles. The van der Waals surface area contributed by atoms with Crippen molar-refractivity contribution in [3.8, 4) is 0 Å². The third kappa shape index (κ3) is 8.67. The minimum Gasteiger partial charge on any atom is -0.465 e. The van der Waals surface area contributed by atoms with Crippen LogP contribution in [0.1, 0.15) is 64.7 Å². The number of rotatable bonds is 9. The molecule has 2 amide bonds. The van der Waals surface area contributed by atoms with Crippen LogP contribution >= 0.6 is 0 Å². The van der Waals surface area contributed by atoms with E-state index in [0.29, 0.717) is 6.54 Å². The number of carboxylic acid groups (broad SMARTS) is 1. The van der Waals surface area contributed by atoms with Gasteiger partial charge in [0.15, 0.2) is 0 Å². The lowest BCUT2D eigenvalue weighted by molar-refractivity contribution is 0.170. The van der Waals surface area contributed by atoms with Gasteiger partial charge in [-0.2, -0.15) is 0 Å². The zero-order chi connectivity index (χ0) is 17.1. The number of methoxy groups -OCH3 is 1. The molecule has 134 valence electrons. The molecule has 0 saturated heterocycles. The van der Waals surface area contributed by atoms with Crippen LogP contribution in [0, 0.1) is 11.8 Å². The summed E-state index contributed by atoms with van der Waals surface area (Å²) in [6, 6.07) is 0.147. The fourth-order valence-corrected chi connectivity index (χ4v) is 3.50. The number of carbonyl (C=O) groups excluding carboxylic acids is 1. The highest BCUT2D eigenvalue weighted by atomic mass is 16.5. The lowest BCUT2D eigenvalue weighted by Gasteiger charge is -2.30. The predicted octanol–water partition coefficient (Wildman–Crippen LogP) is 3.76. The Morgan fingerprint density at radius 2 is 1.91 bits per heavy atom. The van der Waals surface area contributed by atoms with Gasteiger partial charge in [-0.3, -0.25) is 0 Å². The van der Waals surface area contributed by atoms with Crippen molar-refractivity contribution in [2.75, 3.05) is 13.7 Å². The molecule has 23 heavy (non-hydrogen) atoms. The molecule has 1 saturated carbocycles. The Bertz CT molecular complexity index is 355. The molecule has 0 aromatic rings. The Labute approximate surface area is 139 Å². The Morgan fingerprint density at radius 1 is 1.22 bits per heavy atom. The third-order valence-corrected chi connectivity index (χ3v) is 4.91. The summed E-state index contributed by atoms with van der Waals surface area (Å²) in [6.07, 6.45) is 8.69. The molecule has 0 spiro atoms. The summed E-state index contributed by atoms with van der Waals surface area (Å²) < 4.78 is 4.54. The molecule has 0 radical (unpaired) electrons. The lowest BCUT2D eigenvalue weighted by atomic mass is 9.79. The van der Waals surface area contributed by atoms with Gasteiger partial charge in [0, 0.05) is 12.6 Å². The van der Waals surface area contributed by atoms with Crippen LogP contribution in [0.3, 0.4) is 0 Å². The van der Waals surface area contributed by atoms with Gasteiger partial charge in [-0.05, 0) is 50.4 Å². The summed E-state index contributed by atoms with van der Waals surface area (Å²) in [5, 5.41) is 14.1. The predicted molar refractivity (Wildman–Crippen MR) is 89.6 cm³/mol. The van der Waals surface area contributed by atoms with Crippen LogP contribution in [0.25, 0.3) is 0 Å². The van der Waals surface area contributed by atoms with Gasteiger partial charge in [0.1, 0.15) is 0 Å². The minimum atomic E-state index is -0.902. The van der Waals surface area contributed by atoms with Crippen LogP contribution in [0.2, 0.25) is 0 Å². The van der Waals surface area contributed by atoms with Crippen molar-refractivity contribution < 1.29 is 19.4 Å². The fourth-order valence-electron chi connectivity index (χ4n) is 3.50. The molecule has 6 nitrogen and oxygen atoms in total. The third-order valence-electron chi connectivity index (χ3n) is 4.91. The Hall–Kier alpha value is -1.46. The van der Waals surface area contributed by atoms with E-state index in [2.05, 4.69) is 22.3 Å². The Balaban J connectivity index is 2.14. The van der Waals surface area contributed by atoms with Gasteiger partial charge >= 0.3 is 12.2 Å². The summed E-state index contributed by atoms with van der Waals surface area (Å²) in [4.78, 5) is 21.6. The summed E-state index contributed by atoms with van der Waals surface area (Å²) in [5.41, 5.74) is 0. The van der Waals surface area contributed by atoms with Crippen LogP contribution in [0.5, 0.6) is 0 Å². The van der Waals surface area contributed by atoms with Crippen LogP contribution in [-0.4, -0.2) is 37.0 Å². The topological polar surface area (TPSA) is 87.7 Å². The van der Waals surface area contributed by atoms with Crippen molar-refractivity contribution in [2.24, 2.45) is 11.8 Å². The van der Waals surface area contributed by atoms with Crippen LogP contribution < -0.4 is 10.6 Å². The first-order valence-corrected chi connectivity index (χ1v) is 8.86. The molecule has 1 aliphatic carbocycles. The first kappa shape index (κ1) is 19.6. The number of ether oxygens (including phenoxy) is 1. The molecule has 0 aromatic heterocycles. The quantitative estimate of drug-likeness (QED) is 0.562. The van der Waals surface area contributed by atoms with Crippen molar-refractivity contribution in [1.82, 2.24) is 10.6 Å². The maximum atomic E-state index is 10.9. The molecule has 1 atom stereocenters. The van der Waals surface area contributed by atoms with Gasteiger partial charge in [-0.1, -0.05) is 26.2 Å². The van der Waals surface area contributed by atoms with Crippen LogP contribution in [-0.2, 0) is 4.74 Å². The SMILES string of the molecule is CCC(CCCCNC(=O)OC)CC1CCC(NC(=O)O)CC1. The maximum Gasteiger partial charge on any atom is 0.406 e. The molecule has 0 aromatic carbocycles. The van der Waals surface area contributed by atoms with Crippen molar-refractivity contribution in [3.05, 3.63) is 0 Å². The van der Waals surface area contributed by atoms with Gasteiger partial charge in [0.05, 0.1) is 7.11 Å². The summed E-state index contributed by atoms with van der Waals surface area (Å²) >= 11 is 0. The van der Waals surface area contributed by atoms with Gasteiger partial charge < -0.3 is 20.5 Å². The largest absolute Gasteiger partial charge is 0.465 e. The van der Waals surface area contributed by atoms with E-state index < -0.39 is 6.09 Å². The Kier molecular flexibility index (Phi) is 9.48. The highest BCUT2D eigenvalue weighted by Gasteiger charge is 2.24. The van der Waals surface area contributed by atoms with Crippen LogP contribution in [0.4, 0.5) is 9.59 Å². The number of unbranched alkanes of at least 4 members (excludes halogenated alkanes) is 1. The second-order valence-corrected chi connectivity index (χ2v) is 6.59. The molecule has 0 bridgehead atoms. The normalized spacial score (nSPS) is 22.2. The van der Waals surface area contributed by atoms with Crippen LogP contribution in [0.15, 0.2) is 0 Å². The average Bonchev–Trinajstić information content (AvgIpc) is 2.54. The second kappa shape index (κ2) is 11.1. The van der Waals surface area contributed by atoms with Gasteiger partial charge in [-0.15, -0.1) is 0 Å². The standard InChI is InChI=1S/C17H32N2O4/c1-3-13(6-4-5-11-18-17(22)23-2)12-14-7-9-15(10-8-14)19-16(20)21/h13-15,19H,3-12H2,1-2H3,(H,18,22)(H,20,21). The highest BCUT2D eigenvalue weighted by Crippen LogP contribution is 2.32. The molecule has 1 unspecified atom stereocenters. The molecule has 1 rings (SSSR count). The summed E-state index contributed by atoms with van der Waals surface area (Å²) in [6.45, 7) is 2.92. The van der Waals surface area contributed by atoms with Crippen molar-refractivity contribution in [1.29, 1.82) is 0 Å². The number of carbonyl (C=O) groups is 2. The van der Waals surface area contributed by atoms with Crippen molar-refractivity contribution in [2.45, 2.75) is 70.8 Å². The van der Waals surface area contributed by atoms with Crippen molar-refractivity contribution >= 4 is 12.2 Å². The lowest BCUT2D eigenvalue weighted by Crippen LogP contribution is -2.36. The number of nitrogens with one attached hydrogen (secondary N) is 2. The van der Waals surface area contributed by atoms with E-state index in [-0.39, 0.29) is 12.1 Å². The zero-order valence-corrected chi connectivity index (χ0v) is 14.5. The molecule has 1 aliphatic rings. The first-order chi connectivity index (χ1) is 11.0. The fraction of sp³-hybridized carbons (Fsp3) is 0.882. The monoisotopic (exact) mass is 328 g/mol. The van der Waals surface area contributed by atoms with E-state index in [0.717, 1.165) is 50.4 Å². The van der Waals surface area contributed by atoms with Gasteiger partial charge in [0.2, 0.25) is 0 Å². The molecule has 3 N–H and O–H groups in total. The minimum absolute atomic E-state index is 0.147. The van der Waals surface area contributed by atoms with Gasteiger partial charge in [0.25, 0.3) is 0 Å². The summed E-state index contributed by atoms with van der Waals surface area (Å²) in [5.74, 6) is 1.47. The van der Waals surface area contributed by atoms with E-state index in [1.807, 2.05) is 0 Å². The highest BCUT2D eigenvalue weighted by molar-refractivity contribution is 5.66. The first-order valence-electron chi connectivity index (χ1n) is 8.86. The van der Waals surface area contributed by atoms with E-state index in [1.165, 1.54) is 26.4 Å². The molecule has 6 heteroatoms. The average molecular weight is 328 g/mol. The van der Waals surface area contributed by atoms with Gasteiger partial charge in [-0.25, -0.2) is 9.59 Å². The van der Waals surface area contributed by atoms with E-state index in [9.17, 15) is 9.59 Å². The van der Waals surface area contributed by atoms with E-state index in [4.69, 9.17) is 5.11 Å². The smallest absolute Gasteiger partial charge is 0.406 e.